The molecule has 3 aromatic rings. The zero-order chi connectivity index (χ0) is 14.7. The second-order valence-electron chi connectivity index (χ2n) is 5.08. The summed E-state index contributed by atoms with van der Waals surface area (Å²) in [4.78, 5) is 4.71. The summed E-state index contributed by atoms with van der Waals surface area (Å²) in [6.45, 7) is 4.23. The largest absolute Gasteiger partial charge is 0.262 e. The molecule has 0 aliphatic carbocycles. The third-order valence-electron chi connectivity index (χ3n) is 3.42. The minimum absolute atomic E-state index is 0. The van der Waals surface area contributed by atoms with Gasteiger partial charge in [0.2, 0.25) is 0 Å². The van der Waals surface area contributed by atoms with Crippen molar-refractivity contribution in [3.8, 4) is 17.1 Å². The second kappa shape index (κ2) is 7.48. The molecule has 0 amide bonds. The van der Waals surface area contributed by atoms with Crippen molar-refractivity contribution in [2.75, 3.05) is 0 Å². The van der Waals surface area contributed by atoms with Gasteiger partial charge >= 0.3 is 0 Å². The van der Waals surface area contributed by atoms with Crippen molar-refractivity contribution in [1.29, 1.82) is 0 Å². The van der Waals surface area contributed by atoms with Gasteiger partial charge in [-0.15, -0.1) is 35.9 Å². The number of rotatable bonds is 4. The van der Waals surface area contributed by atoms with Gasteiger partial charge in [0.05, 0.1) is 11.5 Å². The van der Waals surface area contributed by atoms with Crippen molar-refractivity contribution in [3.63, 3.8) is 0 Å². The molecule has 1 radical (unpaired) electrons. The van der Waals surface area contributed by atoms with Gasteiger partial charge in [-0.2, -0.15) is 5.10 Å². The third kappa shape index (κ3) is 3.34. The molecule has 0 aliphatic heterocycles. The van der Waals surface area contributed by atoms with E-state index in [-0.39, 0.29) is 20.1 Å². The van der Waals surface area contributed by atoms with Gasteiger partial charge < -0.3 is 0 Å². The van der Waals surface area contributed by atoms with E-state index in [4.69, 9.17) is 10.1 Å². The van der Waals surface area contributed by atoms with Crippen LogP contribution in [0.5, 0.6) is 0 Å². The number of para-hydroxylation sites is 1. The van der Waals surface area contributed by atoms with E-state index < -0.39 is 0 Å². The SMILES string of the molecule is CCCc1nc(-c2[c-]cccc2)n(-c2ccccc2C)n1.[Ir]. The molecule has 22 heavy (non-hydrogen) atoms. The Morgan fingerprint density at radius 3 is 2.55 bits per heavy atom. The van der Waals surface area contributed by atoms with Crippen molar-refractivity contribution < 1.29 is 20.1 Å². The number of hydrogen-bond acceptors (Lipinski definition) is 2. The van der Waals surface area contributed by atoms with Crippen LogP contribution >= 0.6 is 0 Å². The Hall–Kier alpha value is -1.77. The molecule has 1 heterocycles. The Morgan fingerprint density at radius 2 is 1.86 bits per heavy atom. The third-order valence-corrected chi connectivity index (χ3v) is 3.42. The van der Waals surface area contributed by atoms with E-state index in [2.05, 4.69) is 32.0 Å². The van der Waals surface area contributed by atoms with Crippen LogP contribution < -0.4 is 0 Å². The van der Waals surface area contributed by atoms with Crippen LogP contribution in [0.25, 0.3) is 17.1 Å². The number of benzene rings is 2. The Kier molecular flexibility index (Phi) is 5.64. The minimum Gasteiger partial charge on any atom is -0.262 e. The van der Waals surface area contributed by atoms with Crippen LogP contribution in [0, 0.1) is 13.0 Å². The van der Waals surface area contributed by atoms with Crippen LogP contribution in [0.15, 0.2) is 48.5 Å². The minimum atomic E-state index is 0. The predicted molar refractivity (Wildman–Crippen MR) is 84.4 cm³/mol. The fourth-order valence-electron chi connectivity index (χ4n) is 2.36. The molecule has 4 heteroatoms. The molecule has 115 valence electrons. The summed E-state index contributed by atoms with van der Waals surface area (Å²) in [6, 6.07) is 19.4. The van der Waals surface area contributed by atoms with Crippen molar-refractivity contribution in [3.05, 3.63) is 66.0 Å². The van der Waals surface area contributed by atoms with Gasteiger partial charge in [-0.05, 0) is 25.0 Å². The molecule has 0 N–H and O–H groups in total. The molecule has 0 saturated heterocycles. The zero-order valence-corrected chi connectivity index (χ0v) is 15.1. The summed E-state index contributed by atoms with van der Waals surface area (Å²) >= 11 is 0. The Bertz CT molecular complexity index is 735. The standard InChI is InChI=1S/C18H18N3.Ir/c1-3-9-17-19-18(15-11-5-4-6-12-15)21(20-17)16-13-8-7-10-14(16)2;/h4-8,10-11,13H,3,9H2,1-2H3;/q-1;. The fourth-order valence-corrected chi connectivity index (χ4v) is 2.36. The van der Waals surface area contributed by atoms with E-state index >= 15 is 0 Å². The van der Waals surface area contributed by atoms with E-state index in [0.717, 1.165) is 35.7 Å². The van der Waals surface area contributed by atoms with Gasteiger partial charge in [-0.25, -0.2) is 0 Å². The molecular weight excluding hydrogens is 450 g/mol. The van der Waals surface area contributed by atoms with E-state index in [1.807, 2.05) is 41.1 Å². The van der Waals surface area contributed by atoms with Gasteiger partial charge in [-0.3, -0.25) is 9.67 Å². The molecule has 0 fully saturated rings. The number of nitrogens with zero attached hydrogens (tertiary/aromatic N) is 3. The quantitative estimate of drug-likeness (QED) is 0.542. The number of aryl methyl sites for hydroxylation is 2. The average molecular weight is 469 g/mol. The van der Waals surface area contributed by atoms with Gasteiger partial charge in [0.15, 0.2) is 0 Å². The summed E-state index contributed by atoms with van der Waals surface area (Å²) in [7, 11) is 0. The Labute approximate surface area is 144 Å². The van der Waals surface area contributed by atoms with Crippen LogP contribution in [0.4, 0.5) is 0 Å². The first kappa shape index (κ1) is 16.6. The normalized spacial score (nSPS) is 10.3. The van der Waals surface area contributed by atoms with Crippen LogP contribution in [0.2, 0.25) is 0 Å². The molecule has 0 bridgehead atoms. The molecule has 0 spiro atoms. The van der Waals surface area contributed by atoms with E-state index in [1.54, 1.807) is 0 Å². The Balaban J connectivity index is 0.00000176. The molecule has 3 rings (SSSR count). The molecule has 1 aromatic heterocycles. The maximum Gasteiger partial charge on any atom is 0.140 e. The molecular formula is C18H18IrN3-. The van der Waals surface area contributed by atoms with Gasteiger partial charge in [0.25, 0.3) is 0 Å². The maximum absolute atomic E-state index is 4.71. The molecule has 0 aliphatic rings. The fraction of sp³-hybridized carbons (Fsp3) is 0.222. The van der Waals surface area contributed by atoms with Crippen LogP contribution in [0.1, 0.15) is 24.7 Å². The van der Waals surface area contributed by atoms with Crippen LogP contribution in [-0.4, -0.2) is 14.8 Å². The Morgan fingerprint density at radius 1 is 1.09 bits per heavy atom. The monoisotopic (exact) mass is 469 g/mol. The predicted octanol–water partition coefficient (Wildman–Crippen LogP) is 3.99. The molecule has 0 atom stereocenters. The smallest absolute Gasteiger partial charge is 0.140 e. The van der Waals surface area contributed by atoms with Gasteiger partial charge in [0.1, 0.15) is 5.82 Å². The first-order chi connectivity index (χ1) is 10.3. The summed E-state index contributed by atoms with van der Waals surface area (Å²) in [5, 5.41) is 4.69. The van der Waals surface area contributed by atoms with E-state index in [0.29, 0.717) is 0 Å². The maximum atomic E-state index is 4.71. The molecule has 0 saturated carbocycles. The summed E-state index contributed by atoms with van der Waals surface area (Å²) in [5.41, 5.74) is 3.22. The summed E-state index contributed by atoms with van der Waals surface area (Å²) in [5.74, 6) is 1.74. The van der Waals surface area contributed by atoms with Gasteiger partial charge in [-0.1, -0.05) is 25.1 Å². The zero-order valence-electron chi connectivity index (χ0n) is 12.7. The molecule has 3 nitrogen and oxygen atoms in total. The van der Waals surface area contributed by atoms with Gasteiger partial charge in [0, 0.05) is 26.5 Å². The van der Waals surface area contributed by atoms with E-state index in [1.165, 1.54) is 5.56 Å². The van der Waals surface area contributed by atoms with Crippen molar-refractivity contribution >= 4 is 0 Å². The summed E-state index contributed by atoms with van der Waals surface area (Å²) in [6.07, 6.45) is 1.93. The topological polar surface area (TPSA) is 30.7 Å². The number of aromatic nitrogens is 3. The van der Waals surface area contributed by atoms with E-state index in [9.17, 15) is 0 Å². The molecule has 2 aromatic carbocycles. The first-order valence-corrected chi connectivity index (χ1v) is 7.28. The van der Waals surface area contributed by atoms with Crippen molar-refractivity contribution in [2.24, 2.45) is 0 Å². The number of hydrogen-bond donors (Lipinski definition) is 0. The second-order valence-corrected chi connectivity index (χ2v) is 5.08. The first-order valence-electron chi connectivity index (χ1n) is 7.28. The van der Waals surface area contributed by atoms with Crippen molar-refractivity contribution in [1.82, 2.24) is 14.8 Å². The van der Waals surface area contributed by atoms with Crippen molar-refractivity contribution in [2.45, 2.75) is 26.7 Å². The van der Waals surface area contributed by atoms with Crippen LogP contribution in [0.3, 0.4) is 0 Å². The van der Waals surface area contributed by atoms with Crippen LogP contribution in [-0.2, 0) is 26.5 Å². The molecule has 0 unspecified atom stereocenters. The summed E-state index contributed by atoms with van der Waals surface area (Å²) < 4.78 is 1.94. The average Bonchev–Trinajstić information content (AvgIpc) is 2.93.